The van der Waals surface area contributed by atoms with E-state index in [0.717, 1.165) is 9.87 Å². The normalized spacial score (nSPS) is 12.1. The van der Waals surface area contributed by atoms with Crippen LogP contribution in [0.1, 0.15) is 31.9 Å². The number of amides is 2. The lowest BCUT2D eigenvalue weighted by Gasteiger charge is -2.35. The van der Waals surface area contributed by atoms with Gasteiger partial charge in [-0.15, -0.1) is 0 Å². The van der Waals surface area contributed by atoms with Crippen LogP contribution in [0.5, 0.6) is 11.5 Å². The monoisotopic (exact) mass is 677 g/mol. The Hall–Kier alpha value is -4.54. The quantitative estimate of drug-likeness (QED) is 0.183. The third-order valence-corrected chi connectivity index (χ3v) is 9.29. The number of carbonyl (C=O) groups excluding carboxylic acids is 2. The van der Waals surface area contributed by atoms with Crippen LogP contribution >= 0.6 is 11.6 Å². The van der Waals surface area contributed by atoms with Crippen molar-refractivity contribution in [2.45, 2.75) is 50.2 Å². The minimum atomic E-state index is -4.32. The zero-order valence-corrected chi connectivity index (χ0v) is 28.7. The predicted molar refractivity (Wildman–Crippen MR) is 184 cm³/mol. The lowest BCUT2D eigenvalue weighted by Crippen LogP contribution is -2.56. The highest BCUT2D eigenvalue weighted by atomic mass is 35.5. The number of anilines is 1. The Labute approximate surface area is 282 Å². The van der Waals surface area contributed by atoms with Crippen molar-refractivity contribution in [3.05, 3.63) is 119 Å². The molecule has 0 aliphatic carbocycles. The van der Waals surface area contributed by atoms with Gasteiger partial charge in [-0.2, -0.15) is 0 Å². The minimum Gasteiger partial charge on any atom is -0.497 e. The second kappa shape index (κ2) is 15.4. The van der Waals surface area contributed by atoms with E-state index in [1.807, 2.05) is 57.2 Å². The van der Waals surface area contributed by atoms with Gasteiger partial charge in [0.05, 0.1) is 24.8 Å². The second-order valence-corrected chi connectivity index (χ2v) is 14.3. The largest absolute Gasteiger partial charge is 0.497 e. The molecule has 0 spiro atoms. The van der Waals surface area contributed by atoms with Gasteiger partial charge in [0.1, 0.15) is 24.1 Å². The van der Waals surface area contributed by atoms with E-state index in [0.29, 0.717) is 11.3 Å². The fraction of sp³-hybridized carbons (Fsp3) is 0.278. The fourth-order valence-electron chi connectivity index (χ4n) is 5.07. The van der Waals surface area contributed by atoms with Gasteiger partial charge in [0.15, 0.2) is 0 Å². The fourth-order valence-corrected chi connectivity index (χ4v) is 6.67. The van der Waals surface area contributed by atoms with Gasteiger partial charge in [0.2, 0.25) is 11.8 Å². The Morgan fingerprint density at radius 1 is 0.830 bits per heavy atom. The predicted octanol–water partition coefficient (Wildman–Crippen LogP) is 6.11. The van der Waals surface area contributed by atoms with E-state index in [9.17, 15) is 18.0 Å². The first-order valence-corrected chi connectivity index (χ1v) is 16.8. The third kappa shape index (κ3) is 9.27. The van der Waals surface area contributed by atoms with Crippen molar-refractivity contribution in [3.8, 4) is 11.5 Å². The van der Waals surface area contributed by atoms with Crippen LogP contribution in [0.25, 0.3) is 0 Å². The molecule has 0 heterocycles. The molecular weight excluding hydrogens is 638 g/mol. The molecule has 0 radical (unpaired) electrons. The van der Waals surface area contributed by atoms with E-state index in [1.165, 1.54) is 30.2 Å². The second-order valence-electron chi connectivity index (χ2n) is 12.0. The number of carbonyl (C=O) groups is 2. The van der Waals surface area contributed by atoms with Crippen LogP contribution in [0.4, 0.5) is 5.69 Å². The van der Waals surface area contributed by atoms with E-state index in [1.54, 1.807) is 55.6 Å². The molecule has 0 saturated heterocycles. The molecule has 47 heavy (non-hydrogen) atoms. The Bertz CT molecular complexity index is 1780. The zero-order valence-electron chi connectivity index (χ0n) is 27.1. The van der Waals surface area contributed by atoms with Crippen molar-refractivity contribution in [2.75, 3.05) is 25.1 Å². The summed E-state index contributed by atoms with van der Waals surface area (Å²) in [6, 6.07) is 27.9. The van der Waals surface area contributed by atoms with Gasteiger partial charge < -0.3 is 19.7 Å². The van der Waals surface area contributed by atoms with Gasteiger partial charge in [-0.1, -0.05) is 72.3 Å². The molecule has 0 fully saturated rings. The average Bonchev–Trinajstić information content (AvgIpc) is 3.05. The smallest absolute Gasteiger partial charge is 0.264 e. The molecule has 248 valence electrons. The Morgan fingerprint density at radius 2 is 1.47 bits per heavy atom. The van der Waals surface area contributed by atoms with Crippen LogP contribution in [-0.4, -0.2) is 57.5 Å². The molecule has 0 aliphatic heterocycles. The van der Waals surface area contributed by atoms with Gasteiger partial charge in [-0.05, 0) is 74.4 Å². The number of hydrogen-bond acceptors (Lipinski definition) is 6. The maximum absolute atomic E-state index is 14.7. The highest BCUT2D eigenvalue weighted by Gasteiger charge is 2.36. The molecule has 0 saturated carbocycles. The number of halogens is 1. The van der Waals surface area contributed by atoms with Crippen LogP contribution in [0.3, 0.4) is 0 Å². The molecular formula is C36H40ClN3O6S. The van der Waals surface area contributed by atoms with E-state index in [2.05, 4.69) is 5.32 Å². The summed E-state index contributed by atoms with van der Waals surface area (Å²) in [7, 11) is -1.37. The first-order valence-electron chi connectivity index (χ1n) is 15.0. The number of benzene rings is 4. The maximum Gasteiger partial charge on any atom is 0.264 e. The first kappa shape index (κ1) is 35.3. The number of ether oxygens (including phenoxy) is 2. The van der Waals surface area contributed by atoms with Crippen LogP contribution < -0.4 is 19.1 Å². The van der Waals surface area contributed by atoms with Crippen molar-refractivity contribution in [1.82, 2.24) is 10.2 Å². The highest BCUT2D eigenvalue weighted by molar-refractivity contribution is 7.92. The van der Waals surface area contributed by atoms with Crippen molar-refractivity contribution >= 4 is 39.1 Å². The summed E-state index contributed by atoms with van der Waals surface area (Å²) in [5.41, 5.74) is 0.998. The Morgan fingerprint density at radius 3 is 2.09 bits per heavy atom. The number of rotatable bonds is 13. The number of nitrogens with one attached hydrogen (secondary N) is 1. The molecule has 4 aromatic rings. The van der Waals surface area contributed by atoms with E-state index < -0.39 is 34.1 Å². The average molecular weight is 678 g/mol. The molecule has 4 rings (SSSR count). The number of sulfonamides is 1. The summed E-state index contributed by atoms with van der Waals surface area (Å²) in [6.45, 7) is 4.93. The van der Waals surface area contributed by atoms with Crippen molar-refractivity contribution in [1.29, 1.82) is 0 Å². The topological polar surface area (TPSA) is 105 Å². The molecule has 11 heteroatoms. The number of methoxy groups -OCH3 is 2. The summed E-state index contributed by atoms with van der Waals surface area (Å²) < 4.78 is 40.4. The minimum absolute atomic E-state index is 0.00297. The summed E-state index contributed by atoms with van der Waals surface area (Å²) in [6.07, 6.45) is 0.185. The van der Waals surface area contributed by atoms with Gasteiger partial charge in [-0.3, -0.25) is 13.9 Å². The molecule has 2 amide bonds. The highest BCUT2D eigenvalue weighted by Crippen LogP contribution is 2.35. The molecule has 4 aromatic carbocycles. The first-order chi connectivity index (χ1) is 22.3. The van der Waals surface area contributed by atoms with Crippen LogP contribution in [0, 0.1) is 0 Å². The van der Waals surface area contributed by atoms with Crippen LogP contribution in [0.15, 0.2) is 108 Å². The van der Waals surface area contributed by atoms with Gasteiger partial charge >= 0.3 is 0 Å². The molecule has 1 atom stereocenters. The van der Waals surface area contributed by atoms with Crippen molar-refractivity contribution in [3.63, 3.8) is 0 Å². The molecule has 0 aliphatic rings. The summed E-state index contributed by atoms with van der Waals surface area (Å²) in [5, 5.41) is 3.27. The maximum atomic E-state index is 14.7. The van der Waals surface area contributed by atoms with E-state index in [-0.39, 0.29) is 40.2 Å². The summed E-state index contributed by atoms with van der Waals surface area (Å²) >= 11 is 6.36. The zero-order chi connectivity index (χ0) is 34.2. The van der Waals surface area contributed by atoms with Crippen molar-refractivity contribution in [2.24, 2.45) is 0 Å². The number of nitrogens with zero attached hydrogens (tertiary/aromatic N) is 2. The Balaban J connectivity index is 1.87. The lowest BCUT2D eigenvalue weighted by molar-refractivity contribution is -0.140. The SMILES string of the molecule is COc1cccc(CN(C(=O)CN(c2cc(Cl)ccc2OC)S(=O)(=O)c2ccccc2)C(Cc2ccccc2)C(=O)NC(C)(C)C)c1. The van der Waals surface area contributed by atoms with E-state index >= 15 is 0 Å². The Kier molecular flexibility index (Phi) is 11.5. The van der Waals surface area contributed by atoms with Crippen LogP contribution in [0.2, 0.25) is 5.02 Å². The van der Waals surface area contributed by atoms with Gasteiger partial charge in [0.25, 0.3) is 10.0 Å². The third-order valence-electron chi connectivity index (χ3n) is 7.28. The molecule has 0 bridgehead atoms. The molecule has 1 unspecified atom stereocenters. The molecule has 9 nitrogen and oxygen atoms in total. The lowest BCUT2D eigenvalue weighted by atomic mass is 10.0. The molecule has 0 aromatic heterocycles. The summed E-state index contributed by atoms with van der Waals surface area (Å²) in [4.78, 5) is 30.1. The van der Waals surface area contributed by atoms with E-state index in [4.69, 9.17) is 21.1 Å². The van der Waals surface area contributed by atoms with Crippen LogP contribution in [-0.2, 0) is 32.6 Å². The van der Waals surface area contributed by atoms with Gasteiger partial charge in [-0.25, -0.2) is 8.42 Å². The number of hydrogen-bond donors (Lipinski definition) is 1. The van der Waals surface area contributed by atoms with Crippen molar-refractivity contribution < 1.29 is 27.5 Å². The van der Waals surface area contributed by atoms with Gasteiger partial charge in [0, 0.05) is 23.5 Å². The molecule has 1 N–H and O–H groups in total. The summed E-state index contributed by atoms with van der Waals surface area (Å²) in [5.74, 6) is -0.215. The standard InChI is InChI=1S/C36H40ClN3O6S/c1-36(2,3)38-35(42)32(22-26-13-8-6-9-14-26)39(24-27-15-12-16-29(21-27)45-4)34(41)25-40(31-23-28(37)19-20-33(31)46-5)47(43,44)30-17-10-7-11-18-30/h6-21,23,32H,22,24-25H2,1-5H3,(H,38,42).